The fraction of sp³-hybridized carbons (Fsp3) is 0.571. The van der Waals surface area contributed by atoms with E-state index < -0.39 is 0 Å². The zero-order chi connectivity index (χ0) is 15.4. The minimum Gasteiger partial charge on any atom is -0.355 e. The molecule has 1 fully saturated rings. The van der Waals surface area contributed by atoms with E-state index in [0.29, 0.717) is 6.54 Å². The van der Waals surface area contributed by atoms with Crippen LogP contribution in [0.3, 0.4) is 0 Å². The predicted octanol–water partition coefficient (Wildman–Crippen LogP) is 0.847. The molecule has 1 amide bonds. The summed E-state index contributed by atoms with van der Waals surface area (Å²) >= 11 is 1.73. The van der Waals surface area contributed by atoms with Crippen molar-refractivity contribution in [3.8, 4) is 0 Å². The van der Waals surface area contributed by atoms with Crippen molar-refractivity contribution in [2.75, 3.05) is 24.5 Å². The van der Waals surface area contributed by atoms with Gasteiger partial charge in [0.1, 0.15) is 0 Å². The summed E-state index contributed by atoms with van der Waals surface area (Å²) in [6, 6.07) is 4.14. The van der Waals surface area contributed by atoms with Crippen LogP contribution in [0.2, 0.25) is 0 Å². The van der Waals surface area contributed by atoms with Gasteiger partial charge >= 0.3 is 0 Å². The molecule has 8 heteroatoms. The van der Waals surface area contributed by atoms with Gasteiger partial charge in [0.05, 0.1) is 0 Å². The maximum atomic E-state index is 12.2. The lowest BCUT2D eigenvalue weighted by molar-refractivity contribution is -0.125. The van der Waals surface area contributed by atoms with Gasteiger partial charge in [-0.3, -0.25) is 4.79 Å². The Bertz CT molecular complexity index is 603. The molecule has 0 unspecified atom stereocenters. The number of tetrazole rings is 1. The highest BCUT2D eigenvalue weighted by atomic mass is 32.1. The Morgan fingerprint density at radius 2 is 2.27 bits per heavy atom. The normalized spacial score (nSPS) is 16.0. The fourth-order valence-corrected chi connectivity index (χ4v) is 3.45. The van der Waals surface area contributed by atoms with Crippen molar-refractivity contribution in [1.29, 1.82) is 0 Å². The van der Waals surface area contributed by atoms with Gasteiger partial charge in [-0.05, 0) is 41.1 Å². The Kier molecular flexibility index (Phi) is 4.67. The number of nitrogens with one attached hydrogen (secondary N) is 1. The summed E-state index contributed by atoms with van der Waals surface area (Å²) < 4.78 is 1.67. The van der Waals surface area contributed by atoms with Gasteiger partial charge in [-0.15, -0.1) is 11.3 Å². The van der Waals surface area contributed by atoms with Gasteiger partial charge in [0.15, 0.2) is 0 Å². The Balaban J connectivity index is 1.43. The summed E-state index contributed by atoms with van der Waals surface area (Å²) in [7, 11) is 1.83. The van der Waals surface area contributed by atoms with Crippen LogP contribution >= 0.6 is 11.3 Å². The number of aromatic nitrogens is 4. The zero-order valence-electron chi connectivity index (χ0n) is 12.6. The quantitative estimate of drug-likeness (QED) is 0.884. The van der Waals surface area contributed by atoms with E-state index in [0.717, 1.165) is 38.3 Å². The molecule has 0 radical (unpaired) electrons. The van der Waals surface area contributed by atoms with Crippen molar-refractivity contribution in [2.45, 2.75) is 19.3 Å². The number of carbonyl (C=O) groups excluding carboxylic acids is 1. The molecule has 0 atom stereocenters. The molecule has 1 aliphatic heterocycles. The molecule has 2 aromatic heterocycles. The van der Waals surface area contributed by atoms with E-state index in [1.165, 1.54) is 4.88 Å². The van der Waals surface area contributed by atoms with E-state index in [1.54, 1.807) is 16.0 Å². The van der Waals surface area contributed by atoms with Crippen molar-refractivity contribution >= 4 is 23.2 Å². The standard InChI is InChI=1S/C14H20N6OS/c1-19-14(16-17-18-19)20-8-5-11(6-9-20)13(21)15-7-4-12-3-2-10-22-12/h2-3,10-11H,4-9H2,1H3,(H,15,21). The Labute approximate surface area is 133 Å². The maximum Gasteiger partial charge on any atom is 0.245 e. The van der Waals surface area contributed by atoms with Crippen LogP contribution in [0.5, 0.6) is 0 Å². The Hall–Kier alpha value is -1.96. The summed E-state index contributed by atoms with van der Waals surface area (Å²) in [5.41, 5.74) is 0. The minimum atomic E-state index is 0.0979. The third-order valence-electron chi connectivity index (χ3n) is 4.00. The molecule has 22 heavy (non-hydrogen) atoms. The van der Waals surface area contributed by atoms with Crippen molar-refractivity contribution < 1.29 is 4.79 Å². The topological polar surface area (TPSA) is 75.9 Å². The van der Waals surface area contributed by atoms with Crippen LogP contribution in [-0.2, 0) is 18.3 Å². The second kappa shape index (κ2) is 6.87. The van der Waals surface area contributed by atoms with Crippen LogP contribution in [0, 0.1) is 5.92 Å². The zero-order valence-corrected chi connectivity index (χ0v) is 13.4. The molecule has 0 aliphatic carbocycles. The number of hydrogen-bond acceptors (Lipinski definition) is 6. The average molecular weight is 320 g/mol. The predicted molar refractivity (Wildman–Crippen MR) is 84.8 cm³/mol. The lowest BCUT2D eigenvalue weighted by Crippen LogP contribution is -2.41. The third-order valence-corrected chi connectivity index (χ3v) is 4.93. The highest BCUT2D eigenvalue weighted by Crippen LogP contribution is 2.21. The number of aryl methyl sites for hydroxylation is 1. The largest absolute Gasteiger partial charge is 0.355 e. The fourth-order valence-electron chi connectivity index (χ4n) is 2.74. The van der Waals surface area contributed by atoms with Crippen molar-refractivity contribution in [3.05, 3.63) is 22.4 Å². The summed E-state index contributed by atoms with van der Waals surface area (Å²) in [5, 5.41) is 16.6. The van der Waals surface area contributed by atoms with E-state index >= 15 is 0 Å². The van der Waals surface area contributed by atoms with Gasteiger partial charge in [-0.2, -0.15) is 0 Å². The van der Waals surface area contributed by atoms with Crippen LogP contribution in [-0.4, -0.2) is 45.7 Å². The molecular weight excluding hydrogens is 300 g/mol. The van der Waals surface area contributed by atoms with Gasteiger partial charge in [0, 0.05) is 37.5 Å². The first kappa shape index (κ1) is 15.0. The van der Waals surface area contributed by atoms with E-state index in [2.05, 4.69) is 37.2 Å². The number of amides is 1. The van der Waals surface area contributed by atoms with Crippen molar-refractivity contribution in [1.82, 2.24) is 25.5 Å². The SMILES string of the molecule is Cn1nnnc1N1CCC(C(=O)NCCc2cccs2)CC1. The molecule has 1 N–H and O–H groups in total. The van der Waals surface area contributed by atoms with Crippen LogP contribution in [0.15, 0.2) is 17.5 Å². The Morgan fingerprint density at radius 3 is 2.91 bits per heavy atom. The number of thiophene rings is 1. The molecule has 2 aromatic rings. The van der Waals surface area contributed by atoms with Crippen LogP contribution < -0.4 is 10.2 Å². The van der Waals surface area contributed by atoms with Gasteiger partial charge in [-0.1, -0.05) is 11.2 Å². The summed E-state index contributed by atoms with van der Waals surface area (Å²) in [5.74, 6) is 1.05. The summed E-state index contributed by atoms with van der Waals surface area (Å²) in [4.78, 5) is 15.7. The molecule has 0 bridgehead atoms. The molecule has 0 saturated carbocycles. The van der Waals surface area contributed by atoms with E-state index in [1.807, 2.05) is 13.1 Å². The molecule has 1 aliphatic rings. The third kappa shape index (κ3) is 3.44. The average Bonchev–Trinajstić information content (AvgIpc) is 3.19. The second-order valence-electron chi connectivity index (χ2n) is 5.48. The number of anilines is 1. The molecule has 1 saturated heterocycles. The number of hydrogen-bond donors (Lipinski definition) is 1. The molecule has 118 valence electrons. The lowest BCUT2D eigenvalue weighted by Gasteiger charge is -2.31. The van der Waals surface area contributed by atoms with Crippen molar-refractivity contribution in [2.24, 2.45) is 13.0 Å². The van der Waals surface area contributed by atoms with Crippen LogP contribution in [0.4, 0.5) is 5.95 Å². The number of nitrogens with zero attached hydrogens (tertiary/aromatic N) is 5. The van der Waals surface area contributed by atoms with E-state index in [9.17, 15) is 4.79 Å². The van der Waals surface area contributed by atoms with E-state index in [4.69, 9.17) is 0 Å². The molecule has 3 heterocycles. The molecule has 0 aromatic carbocycles. The van der Waals surface area contributed by atoms with Gasteiger partial charge < -0.3 is 10.2 Å². The highest BCUT2D eigenvalue weighted by Gasteiger charge is 2.26. The maximum absolute atomic E-state index is 12.2. The van der Waals surface area contributed by atoms with Crippen LogP contribution in [0.1, 0.15) is 17.7 Å². The highest BCUT2D eigenvalue weighted by molar-refractivity contribution is 7.09. The smallest absolute Gasteiger partial charge is 0.245 e. The Morgan fingerprint density at radius 1 is 1.45 bits per heavy atom. The van der Waals surface area contributed by atoms with Gasteiger partial charge in [0.2, 0.25) is 11.9 Å². The number of piperidine rings is 1. The first-order chi connectivity index (χ1) is 10.7. The summed E-state index contributed by atoms with van der Waals surface area (Å²) in [6.07, 6.45) is 2.60. The lowest BCUT2D eigenvalue weighted by atomic mass is 9.96. The van der Waals surface area contributed by atoms with Crippen molar-refractivity contribution in [3.63, 3.8) is 0 Å². The molecule has 7 nitrogen and oxygen atoms in total. The first-order valence-electron chi connectivity index (χ1n) is 7.51. The van der Waals surface area contributed by atoms with Gasteiger partial charge in [0.25, 0.3) is 0 Å². The second-order valence-corrected chi connectivity index (χ2v) is 6.52. The molecule has 3 rings (SSSR count). The number of rotatable bonds is 5. The van der Waals surface area contributed by atoms with E-state index in [-0.39, 0.29) is 11.8 Å². The number of carbonyl (C=O) groups is 1. The minimum absolute atomic E-state index is 0.0979. The monoisotopic (exact) mass is 320 g/mol. The first-order valence-corrected chi connectivity index (χ1v) is 8.39. The molecular formula is C14H20N6OS. The van der Waals surface area contributed by atoms with Gasteiger partial charge in [-0.25, -0.2) is 4.68 Å². The van der Waals surface area contributed by atoms with Crippen LogP contribution in [0.25, 0.3) is 0 Å². The summed E-state index contributed by atoms with van der Waals surface area (Å²) in [6.45, 7) is 2.35. The molecule has 0 spiro atoms.